The zero-order valence-electron chi connectivity index (χ0n) is 9.27. The summed E-state index contributed by atoms with van der Waals surface area (Å²) < 4.78 is 10.8. The Hall–Kier alpha value is -2.23. The van der Waals surface area contributed by atoms with Gasteiger partial charge in [0.15, 0.2) is 11.4 Å². The largest absolute Gasteiger partial charge is 0.465 e. The number of fused-ring (bicyclic) bond motifs is 1. The summed E-state index contributed by atoms with van der Waals surface area (Å²) >= 11 is 0. The second-order valence-corrected chi connectivity index (χ2v) is 4.07. The summed E-state index contributed by atoms with van der Waals surface area (Å²) in [7, 11) is 0. The summed E-state index contributed by atoms with van der Waals surface area (Å²) in [5.41, 5.74) is 0.764. The molecule has 17 heavy (non-hydrogen) atoms. The smallest absolute Gasteiger partial charge is 0.412 e. The third-order valence-electron chi connectivity index (χ3n) is 2.97. The fraction of sp³-hybridized carbons (Fsp3) is 0.154. The molecule has 86 valence electrons. The van der Waals surface area contributed by atoms with Crippen molar-refractivity contribution in [2.24, 2.45) is 0 Å². The topological polar surface area (TPSA) is 51.5 Å². The van der Waals surface area contributed by atoms with Crippen molar-refractivity contribution in [3.05, 3.63) is 54.0 Å². The molecule has 4 nitrogen and oxygen atoms in total. The van der Waals surface area contributed by atoms with Gasteiger partial charge in [0.1, 0.15) is 0 Å². The minimum Gasteiger partial charge on any atom is -0.465 e. The normalized spacial score (nSPS) is 22.5. The number of carbonyl (C=O) groups excluding carboxylic acids is 1. The van der Waals surface area contributed by atoms with E-state index in [1.54, 1.807) is 18.4 Å². The molecule has 1 aliphatic heterocycles. The molecule has 1 aliphatic rings. The Morgan fingerprint density at radius 1 is 1.18 bits per heavy atom. The zero-order valence-corrected chi connectivity index (χ0v) is 9.27. The summed E-state index contributed by atoms with van der Waals surface area (Å²) in [6, 6.07) is 11.1. The van der Waals surface area contributed by atoms with Gasteiger partial charge in [-0.05, 0) is 25.1 Å². The molecular formula is C13H11NO3. The lowest BCUT2D eigenvalue weighted by Crippen LogP contribution is -2.37. The van der Waals surface area contributed by atoms with Gasteiger partial charge in [0.05, 0.1) is 12.0 Å². The van der Waals surface area contributed by atoms with Gasteiger partial charge < -0.3 is 9.15 Å². The first kappa shape index (κ1) is 9.96. The second kappa shape index (κ2) is 3.38. The zero-order chi connectivity index (χ0) is 11.9. The van der Waals surface area contributed by atoms with E-state index in [-0.39, 0.29) is 0 Å². The summed E-state index contributed by atoms with van der Waals surface area (Å²) in [5.74, 6) is 0.611. The molecule has 0 aliphatic carbocycles. The van der Waals surface area contributed by atoms with Crippen LogP contribution in [0.2, 0.25) is 0 Å². The molecular weight excluding hydrogens is 218 g/mol. The number of furan rings is 1. The average Bonchev–Trinajstić information content (AvgIpc) is 2.82. The predicted octanol–water partition coefficient (Wildman–Crippen LogP) is 3.11. The number of rotatable bonds is 1. The average molecular weight is 229 g/mol. The van der Waals surface area contributed by atoms with E-state index in [0.29, 0.717) is 5.76 Å². The molecule has 2 aromatic rings. The van der Waals surface area contributed by atoms with E-state index in [0.717, 1.165) is 11.3 Å². The Morgan fingerprint density at radius 3 is 2.76 bits per heavy atom. The third kappa shape index (κ3) is 1.41. The second-order valence-electron chi connectivity index (χ2n) is 4.07. The highest BCUT2D eigenvalue weighted by Gasteiger charge is 2.41. The number of cyclic esters (lactones) is 1. The quantitative estimate of drug-likeness (QED) is 0.817. The predicted molar refractivity (Wildman–Crippen MR) is 61.7 cm³/mol. The van der Waals surface area contributed by atoms with Crippen LogP contribution < -0.4 is 5.32 Å². The molecule has 1 unspecified atom stereocenters. The van der Waals surface area contributed by atoms with Crippen LogP contribution in [0.3, 0.4) is 0 Å². The molecule has 4 heteroatoms. The lowest BCUT2D eigenvalue weighted by Gasteiger charge is -2.33. The Kier molecular flexibility index (Phi) is 1.98. The van der Waals surface area contributed by atoms with Crippen LogP contribution in [0, 0.1) is 0 Å². The summed E-state index contributed by atoms with van der Waals surface area (Å²) in [5, 5.41) is 2.67. The number of carbonyl (C=O) groups is 1. The summed E-state index contributed by atoms with van der Waals surface area (Å²) in [6.45, 7) is 1.82. The van der Waals surface area contributed by atoms with E-state index in [4.69, 9.17) is 9.15 Å². The van der Waals surface area contributed by atoms with Gasteiger partial charge in [-0.2, -0.15) is 0 Å². The van der Waals surface area contributed by atoms with Gasteiger partial charge >= 0.3 is 6.09 Å². The van der Waals surface area contributed by atoms with Crippen molar-refractivity contribution < 1.29 is 13.9 Å². The lowest BCUT2D eigenvalue weighted by atomic mass is 9.90. The maximum atomic E-state index is 11.6. The van der Waals surface area contributed by atoms with Crippen LogP contribution in [0.4, 0.5) is 10.5 Å². The standard InChI is InChI=1S/C13H11NO3/c1-13(11-7-4-8-16-11)9-5-2-3-6-10(9)14-12(15)17-13/h2-8H,1H3,(H,14,15). The molecule has 1 aromatic carbocycles. The van der Waals surface area contributed by atoms with Crippen LogP contribution in [0.25, 0.3) is 0 Å². The molecule has 0 radical (unpaired) electrons. The lowest BCUT2D eigenvalue weighted by molar-refractivity contribution is 0.0421. The number of ether oxygens (including phenoxy) is 1. The minimum atomic E-state index is -0.873. The molecule has 0 spiro atoms. The van der Waals surface area contributed by atoms with Crippen molar-refractivity contribution >= 4 is 11.8 Å². The van der Waals surface area contributed by atoms with E-state index in [9.17, 15) is 4.79 Å². The number of anilines is 1. The van der Waals surface area contributed by atoms with E-state index in [2.05, 4.69) is 5.32 Å². The molecule has 3 rings (SSSR count). The van der Waals surface area contributed by atoms with E-state index in [1.165, 1.54) is 0 Å². The van der Waals surface area contributed by atoms with Gasteiger partial charge in [-0.15, -0.1) is 0 Å². The number of benzene rings is 1. The number of amides is 1. The Morgan fingerprint density at radius 2 is 2.00 bits per heavy atom. The molecule has 1 N–H and O–H groups in total. The molecule has 0 saturated heterocycles. The number of hydrogen-bond donors (Lipinski definition) is 1. The molecule has 1 aromatic heterocycles. The first-order valence-corrected chi connectivity index (χ1v) is 5.33. The van der Waals surface area contributed by atoms with Gasteiger partial charge in [-0.3, -0.25) is 5.32 Å². The van der Waals surface area contributed by atoms with Gasteiger partial charge in [-0.25, -0.2) is 4.79 Å². The highest BCUT2D eigenvalue weighted by molar-refractivity contribution is 5.89. The molecule has 1 atom stereocenters. The summed E-state index contributed by atoms with van der Waals surface area (Å²) in [6.07, 6.45) is 1.10. The van der Waals surface area contributed by atoms with Crippen LogP contribution in [0.5, 0.6) is 0 Å². The first-order valence-electron chi connectivity index (χ1n) is 5.33. The van der Waals surface area contributed by atoms with Crippen molar-refractivity contribution in [1.82, 2.24) is 0 Å². The van der Waals surface area contributed by atoms with Crippen molar-refractivity contribution in [2.45, 2.75) is 12.5 Å². The molecule has 2 heterocycles. The molecule has 0 bridgehead atoms. The number of nitrogens with one attached hydrogen (secondary N) is 1. The van der Waals surface area contributed by atoms with E-state index in [1.807, 2.05) is 31.2 Å². The molecule has 1 amide bonds. The van der Waals surface area contributed by atoms with Gasteiger partial charge in [-0.1, -0.05) is 18.2 Å². The van der Waals surface area contributed by atoms with E-state index >= 15 is 0 Å². The maximum Gasteiger partial charge on any atom is 0.412 e. The molecule has 0 saturated carbocycles. The molecule has 0 fully saturated rings. The fourth-order valence-corrected chi connectivity index (χ4v) is 2.12. The van der Waals surface area contributed by atoms with Crippen LogP contribution in [-0.2, 0) is 10.3 Å². The van der Waals surface area contributed by atoms with Crippen LogP contribution >= 0.6 is 0 Å². The Bertz CT molecular complexity index is 562. The third-order valence-corrected chi connectivity index (χ3v) is 2.97. The summed E-state index contributed by atoms with van der Waals surface area (Å²) in [4.78, 5) is 11.6. The van der Waals surface area contributed by atoms with Crippen molar-refractivity contribution in [1.29, 1.82) is 0 Å². The van der Waals surface area contributed by atoms with Crippen LogP contribution in [0.15, 0.2) is 47.1 Å². The van der Waals surface area contributed by atoms with Crippen molar-refractivity contribution in [2.75, 3.05) is 5.32 Å². The first-order chi connectivity index (χ1) is 8.20. The van der Waals surface area contributed by atoms with Crippen LogP contribution in [-0.4, -0.2) is 6.09 Å². The Labute approximate surface area is 98.2 Å². The monoisotopic (exact) mass is 229 g/mol. The van der Waals surface area contributed by atoms with Crippen molar-refractivity contribution in [3.63, 3.8) is 0 Å². The van der Waals surface area contributed by atoms with E-state index < -0.39 is 11.7 Å². The van der Waals surface area contributed by atoms with Crippen molar-refractivity contribution in [3.8, 4) is 0 Å². The highest BCUT2D eigenvalue weighted by atomic mass is 16.6. The van der Waals surface area contributed by atoms with Gasteiger partial charge in [0, 0.05) is 5.56 Å². The Balaban J connectivity index is 2.21. The maximum absolute atomic E-state index is 11.6. The minimum absolute atomic E-state index is 0.470. The van der Waals surface area contributed by atoms with Gasteiger partial charge in [0.25, 0.3) is 0 Å². The highest BCUT2D eigenvalue weighted by Crippen LogP contribution is 2.40. The van der Waals surface area contributed by atoms with Gasteiger partial charge in [0.2, 0.25) is 0 Å². The number of hydrogen-bond acceptors (Lipinski definition) is 3. The number of para-hydroxylation sites is 1. The van der Waals surface area contributed by atoms with Crippen LogP contribution in [0.1, 0.15) is 18.2 Å². The SMILES string of the molecule is CC1(c2ccco2)OC(=O)Nc2ccccc21. The fourth-order valence-electron chi connectivity index (χ4n) is 2.12.